The summed E-state index contributed by atoms with van der Waals surface area (Å²) in [5.41, 5.74) is 8.67. The quantitative estimate of drug-likeness (QED) is 0.108. The molecule has 0 saturated heterocycles. The number of nitrogens with two attached hydrogens (primary N) is 1. The molecule has 2 aromatic carbocycles. The monoisotopic (exact) mass is 649 g/mol. The van der Waals surface area contributed by atoms with E-state index in [1.54, 1.807) is 18.5 Å². The summed E-state index contributed by atoms with van der Waals surface area (Å²) < 4.78 is 1.91. The van der Waals surface area contributed by atoms with Crippen LogP contribution in [-0.4, -0.2) is 51.2 Å². The van der Waals surface area contributed by atoms with Crippen molar-refractivity contribution in [3.63, 3.8) is 0 Å². The number of aliphatic hydroxyl groups excluding tert-OH is 1. The van der Waals surface area contributed by atoms with E-state index in [9.17, 15) is 14.7 Å². The molecule has 10 nitrogen and oxygen atoms in total. The van der Waals surface area contributed by atoms with E-state index in [1.165, 1.54) is 0 Å². The molecule has 0 radical (unpaired) electrons. The van der Waals surface area contributed by atoms with Crippen LogP contribution >= 0.6 is 0 Å². The molecule has 3 atom stereocenters. The predicted octanol–water partition coefficient (Wildman–Crippen LogP) is 4.24. The van der Waals surface area contributed by atoms with Gasteiger partial charge in [0.1, 0.15) is 5.82 Å². The lowest BCUT2D eigenvalue weighted by Gasteiger charge is -2.40. The molecular weight excluding hydrogens is 602 g/mol. The van der Waals surface area contributed by atoms with Gasteiger partial charge >= 0.3 is 0 Å². The van der Waals surface area contributed by atoms with Gasteiger partial charge < -0.3 is 31.4 Å². The van der Waals surface area contributed by atoms with E-state index >= 15 is 0 Å². The van der Waals surface area contributed by atoms with Gasteiger partial charge in [-0.05, 0) is 67.6 Å². The van der Waals surface area contributed by atoms with Crippen LogP contribution in [0.3, 0.4) is 0 Å². The molecule has 1 aliphatic rings. The highest BCUT2D eigenvalue weighted by Gasteiger charge is 2.41. The van der Waals surface area contributed by atoms with Gasteiger partial charge in [-0.3, -0.25) is 14.6 Å². The molecule has 1 aliphatic carbocycles. The Kier molecular flexibility index (Phi) is 11.9. The number of pyridine rings is 1. The number of primary amides is 1. The number of nitrogens with zero attached hydrogens (tertiary/aromatic N) is 3. The van der Waals surface area contributed by atoms with Crippen molar-refractivity contribution < 1.29 is 14.7 Å². The molecule has 5 rings (SSSR count). The van der Waals surface area contributed by atoms with Crippen molar-refractivity contribution in [1.82, 2.24) is 30.5 Å². The van der Waals surface area contributed by atoms with Gasteiger partial charge in [-0.25, -0.2) is 4.98 Å². The Morgan fingerprint density at radius 1 is 1.04 bits per heavy atom. The standard InChI is InChI=1S/C38H47N7O3/c1-27-8-6-19-42-34(27)24-40-18-7-13-33(37(48)44-28(2)31-12-5-10-29-9-3-4-11-32(29)31)38(16-14-30(15-17-38)36(39)47)26-41-25-35-43-20-21-45(35)22-23-46/h3-6,8-12,14-16,19-21,28,33,40-41,46H,7,13,17-18,22-26H2,1-2H3,(H2,39,47)(H,44,48)/t28-,33+,38?/m0/s1. The summed E-state index contributed by atoms with van der Waals surface area (Å²) in [5, 5.41) is 22.1. The molecule has 252 valence electrons. The SMILES string of the molecule is Cc1cccnc1CNCCC[C@H](C(=O)N[C@@H](C)c1cccc2ccccc12)C1(CNCc2nccn2CCO)C=CC(C(N)=O)=CC1. The lowest BCUT2D eigenvalue weighted by Crippen LogP contribution is -2.47. The summed E-state index contributed by atoms with van der Waals surface area (Å²) in [4.78, 5) is 35.5. The van der Waals surface area contributed by atoms with E-state index in [-0.39, 0.29) is 18.6 Å². The first-order valence-corrected chi connectivity index (χ1v) is 16.7. The summed E-state index contributed by atoms with van der Waals surface area (Å²) in [6.45, 7) is 6.85. The summed E-state index contributed by atoms with van der Waals surface area (Å²) in [6.07, 6.45) is 12.8. The van der Waals surface area contributed by atoms with Gasteiger partial charge in [0.15, 0.2) is 0 Å². The number of benzene rings is 2. The van der Waals surface area contributed by atoms with Crippen LogP contribution in [0.15, 0.2) is 97.0 Å². The normalized spacial score (nSPS) is 17.2. The van der Waals surface area contributed by atoms with E-state index in [4.69, 9.17) is 5.73 Å². The smallest absolute Gasteiger partial charge is 0.248 e. The summed E-state index contributed by atoms with van der Waals surface area (Å²) in [5.74, 6) is -0.148. The fourth-order valence-electron chi connectivity index (χ4n) is 6.65. The zero-order valence-electron chi connectivity index (χ0n) is 27.9. The fraction of sp³-hybridized carbons (Fsp3) is 0.368. The van der Waals surface area contributed by atoms with Gasteiger partial charge in [0.05, 0.1) is 24.9 Å². The first kappa shape index (κ1) is 34.7. The van der Waals surface area contributed by atoms with Crippen molar-refractivity contribution in [2.24, 2.45) is 17.1 Å². The number of fused-ring (bicyclic) bond motifs is 1. The Morgan fingerprint density at radius 2 is 1.88 bits per heavy atom. The molecule has 0 bridgehead atoms. The van der Waals surface area contributed by atoms with Gasteiger partial charge in [0, 0.05) is 55.1 Å². The second kappa shape index (κ2) is 16.5. The van der Waals surface area contributed by atoms with Crippen LogP contribution in [0.2, 0.25) is 0 Å². The molecule has 0 aliphatic heterocycles. The Balaban J connectivity index is 1.38. The number of rotatable bonds is 17. The van der Waals surface area contributed by atoms with Crippen LogP contribution in [0, 0.1) is 18.3 Å². The molecule has 2 heterocycles. The van der Waals surface area contributed by atoms with Crippen LogP contribution in [0.4, 0.5) is 0 Å². The van der Waals surface area contributed by atoms with E-state index in [2.05, 4.69) is 63.2 Å². The molecule has 0 spiro atoms. The third-order valence-corrected chi connectivity index (χ3v) is 9.38. The van der Waals surface area contributed by atoms with Crippen molar-refractivity contribution in [2.45, 2.75) is 58.8 Å². The minimum absolute atomic E-state index is 0.0157. The third-order valence-electron chi connectivity index (χ3n) is 9.38. The number of allylic oxidation sites excluding steroid dienone is 1. The number of nitrogens with one attached hydrogen (secondary N) is 3. The van der Waals surface area contributed by atoms with Crippen molar-refractivity contribution in [2.75, 3.05) is 19.7 Å². The first-order valence-electron chi connectivity index (χ1n) is 16.7. The number of imidazole rings is 1. The maximum absolute atomic E-state index is 14.5. The highest BCUT2D eigenvalue weighted by molar-refractivity contribution is 5.95. The second-order valence-corrected chi connectivity index (χ2v) is 12.6. The first-order chi connectivity index (χ1) is 23.3. The maximum Gasteiger partial charge on any atom is 0.248 e. The van der Waals surface area contributed by atoms with Crippen LogP contribution in [0.5, 0.6) is 0 Å². The fourth-order valence-corrected chi connectivity index (χ4v) is 6.65. The topological polar surface area (TPSA) is 147 Å². The summed E-state index contributed by atoms with van der Waals surface area (Å²) in [6, 6.07) is 18.1. The lowest BCUT2D eigenvalue weighted by molar-refractivity contribution is -0.129. The highest BCUT2D eigenvalue weighted by atomic mass is 16.3. The van der Waals surface area contributed by atoms with E-state index in [0.29, 0.717) is 51.1 Å². The average molecular weight is 650 g/mol. The lowest BCUT2D eigenvalue weighted by atomic mass is 9.67. The zero-order valence-corrected chi connectivity index (χ0v) is 27.9. The van der Waals surface area contributed by atoms with Crippen LogP contribution in [0.1, 0.15) is 54.9 Å². The molecule has 2 amide bonds. The average Bonchev–Trinajstić information content (AvgIpc) is 3.53. The van der Waals surface area contributed by atoms with E-state index in [1.807, 2.05) is 54.1 Å². The van der Waals surface area contributed by atoms with Crippen LogP contribution in [-0.2, 0) is 29.2 Å². The Bertz CT molecular complexity index is 1760. The van der Waals surface area contributed by atoms with Crippen LogP contribution < -0.4 is 21.7 Å². The summed E-state index contributed by atoms with van der Waals surface area (Å²) in [7, 11) is 0. The Labute approximate surface area is 282 Å². The number of aryl methyl sites for hydroxylation is 1. The molecule has 6 N–H and O–H groups in total. The number of aromatic nitrogens is 3. The minimum atomic E-state index is -0.631. The predicted molar refractivity (Wildman–Crippen MR) is 188 cm³/mol. The van der Waals surface area contributed by atoms with E-state index in [0.717, 1.165) is 39.8 Å². The minimum Gasteiger partial charge on any atom is -0.395 e. The van der Waals surface area contributed by atoms with Crippen molar-refractivity contribution in [3.05, 3.63) is 120 Å². The number of aliphatic hydroxyl groups is 1. The molecule has 0 fully saturated rings. The molecule has 1 unspecified atom stereocenters. The van der Waals surface area contributed by atoms with Gasteiger partial charge in [0.25, 0.3) is 0 Å². The zero-order chi connectivity index (χ0) is 33.9. The summed E-state index contributed by atoms with van der Waals surface area (Å²) >= 11 is 0. The molecule has 0 saturated carbocycles. The second-order valence-electron chi connectivity index (χ2n) is 12.6. The Hall–Kier alpha value is -4.64. The molecule has 2 aromatic heterocycles. The number of amides is 2. The largest absolute Gasteiger partial charge is 0.395 e. The molecular formula is C38H47N7O3. The van der Waals surface area contributed by atoms with Crippen molar-refractivity contribution in [3.8, 4) is 0 Å². The van der Waals surface area contributed by atoms with Crippen molar-refractivity contribution in [1.29, 1.82) is 0 Å². The van der Waals surface area contributed by atoms with Gasteiger partial charge in [0.2, 0.25) is 11.8 Å². The highest BCUT2D eigenvalue weighted by Crippen LogP contribution is 2.40. The molecule has 10 heteroatoms. The van der Waals surface area contributed by atoms with Gasteiger partial charge in [-0.15, -0.1) is 0 Å². The number of carbonyl (C=O) groups is 2. The number of hydrogen-bond donors (Lipinski definition) is 5. The number of carbonyl (C=O) groups excluding carboxylic acids is 2. The molecule has 4 aromatic rings. The number of hydrogen-bond acceptors (Lipinski definition) is 7. The van der Waals surface area contributed by atoms with E-state index < -0.39 is 17.2 Å². The maximum atomic E-state index is 14.5. The third kappa shape index (κ3) is 8.44. The molecule has 48 heavy (non-hydrogen) atoms. The van der Waals surface area contributed by atoms with Crippen LogP contribution in [0.25, 0.3) is 10.8 Å². The van der Waals surface area contributed by atoms with Crippen molar-refractivity contribution >= 4 is 22.6 Å². The van der Waals surface area contributed by atoms with Gasteiger partial charge in [-0.1, -0.05) is 66.8 Å². The van der Waals surface area contributed by atoms with Gasteiger partial charge in [-0.2, -0.15) is 0 Å². The Morgan fingerprint density at radius 3 is 2.65 bits per heavy atom.